The number of imidazole rings is 1. The smallest absolute Gasteiger partial charge is 0.274 e. The van der Waals surface area contributed by atoms with Crippen molar-refractivity contribution in [2.24, 2.45) is 0 Å². The van der Waals surface area contributed by atoms with Crippen LogP contribution in [0.5, 0.6) is 0 Å². The molecule has 1 amide bonds. The van der Waals surface area contributed by atoms with E-state index in [-0.39, 0.29) is 16.8 Å². The summed E-state index contributed by atoms with van der Waals surface area (Å²) < 4.78 is 25.4. The van der Waals surface area contributed by atoms with Gasteiger partial charge in [-0.1, -0.05) is 6.07 Å². The molecule has 2 aromatic rings. The van der Waals surface area contributed by atoms with E-state index in [1.807, 2.05) is 14.1 Å². The van der Waals surface area contributed by atoms with Crippen LogP contribution in [0.2, 0.25) is 0 Å². The predicted octanol–water partition coefficient (Wildman–Crippen LogP) is 0.904. The van der Waals surface area contributed by atoms with Crippen molar-refractivity contribution in [2.45, 2.75) is 24.0 Å². The molecule has 24 heavy (non-hydrogen) atoms. The summed E-state index contributed by atoms with van der Waals surface area (Å²) in [5.41, 5.74) is 0.733. The van der Waals surface area contributed by atoms with Gasteiger partial charge in [0.05, 0.1) is 5.52 Å². The van der Waals surface area contributed by atoms with E-state index in [0.29, 0.717) is 24.6 Å². The van der Waals surface area contributed by atoms with Gasteiger partial charge in [-0.05, 0) is 39.1 Å². The molecule has 130 valence electrons. The van der Waals surface area contributed by atoms with Crippen LogP contribution in [0.3, 0.4) is 0 Å². The lowest BCUT2D eigenvalue weighted by molar-refractivity contribution is 0.0659. The Labute approximate surface area is 141 Å². The van der Waals surface area contributed by atoms with Gasteiger partial charge in [-0.2, -0.15) is 0 Å². The SMILES string of the molecule is CN(C)C1CCN(C(=O)c2nc(S(C)(=O)=O)n3ccccc23)CC1. The number of sulfone groups is 1. The van der Waals surface area contributed by atoms with Gasteiger partial charge in [0.15, 0.2) is 5.69 Å². The Bertz CT molecular complexity index is 865. The molecular formula is C16H22N4O3S. The van der Waals surface area contributed by atoms with Gasteiger partial charge in [0.2, 0.25) is 15.0 Å². The summed E-state index contributed by atoms with van der Waals surface area (Å²) in [4.78, 5) is 21.0. The quantitative estimate of drug-likeness (QED) is 0.822. The van der Waals surface area contributed by atoms with Gasteiger partial charge in [-0.15, -0.1) is 0 Å². The minimum atomic E-state index is -3.52. The van der Waals surface area contributed by atoms with Gasteiger partial charge < -0.3 is 9.80 Å². The first kappa shape index (κ1) is 16.9. The highest BCUT2D eigenvalue weighted by atomic mass is 32.2. The summed E-state index contributed by atoms with van der Waals surface area (Å²) in [6.45, 7) is 1.31. The number of pyridine rings is 1. The molecule has 1 aliphatic rings. The zero-order valence-electron chi connectivity index (χ0n) is 14.1. The van der Waals surface area contributed by atoms with Crippen LogP contribution in [-0.2, 0) is 9.84 Å². The van der Waals surface area contributed by atoms with Crippen molar-refractivity contribution in [3.63, 3.8) is 0 Å². The first-order chi connectivity index (χ1) is 11.3. The number of hydrogen-bond donors (Lipinski definition) is 0. The molecule has 0 saturated carbocycles. The van der Waals surface area contributed by atoms with Crippen molar-refractivity contribution in [3.05, 3.63) is 30.1 Å². The number of nitrogens with zero attached hydrogens (tertiary/aromatic N) is 4. The van der Waals surface area contributed by atoms with Crippen molar-refractivity contribution >= 4 is 21.3 Å². The number of likely N-dealkylation sites (tertiary alicyclic amines) is 1. The molecule has 0 N–H and O–H groups in total. The first-order valence-corrected chi connectivity index (χ1v) is 9.81. The number of rotatable bonds is 3. The zero-order chi connectivity index (χ0) is 17.5. The maximum absolute atomic E-state index is 12.9. The third-order valence-corrected chi connectivity index (χ3v) is 5.48. The molecule has 2 aromatic heterocycles. The van der Waals surface area contributed by atoms with Crippen LogP contribution in [0.4, 0.5) is 0 Å². The van der Waals surface area contributed by atoms with Crippen LogP contribution >= 0.6 is 0 Å². The van der Waals surface area contributed by atoms with E-state index in [1.54, 1.807) is 29.3 Å². The Morgan fingerprint density at radius 1 is 1.25 bits per heavy atom. The minimum Gasteiger partial charge on any atom is -0.337 e. The first-order valence-electron chi connectivity index (χ1n) is 7.92. The van der Waals surface area contributed by atoms with Gasteiger partial charge in [0, 0.05) is 31.6 Å². The van der Waals surface area contributed by atoms with Gasteiger partial charge in [-0.25, -0.2) is 13.4 Å². The average molecular weight is 350 g/mol. The molecule has 0 aromatic carbocycles. The van der Waals surface area contributed by atoms with Crippen molar-refractivity contribution < 1.29 is 13.2 Å². The molecule has 1 aliphatic heterocycles. The molecule has 7 nitrogen and oxygen atoms in total. The molecule has 8 heteroatoms. The molecule has 0 unspecified atom stereocenters. The van der Waals surface area contributed by atoms with E-state index in [2.05, 4.69) is 9.88 Å². The molecule has 1 saturated heterocycles. The zero-order valence-corrected chi connectivity index (χ0v) is 15.0. The Morgan fingerprint density at radius 3 is 2.50 bits per heavy atom. The van der Waals surface area contributed by atoms with Crippen LogP contribution in [-0.4, -0.2) is 73.0 Å². The number of amides is 1. The van der Waals surface area contributed by atoms with Crippen LogP contribution in [0, 0.1) is 0 Å². The predicted molar refractivity (Wildman–Crippen MR) is 90.9 cm³/mol. The average Bonchev–Trinajstić information content (AvgIpc) is 2.94. The van der Waals surface area contributed by atoms with Gasteiger partial charge in [-0.3, -0.25) is 9.20 Å². The lowest BCUT2D eigenvalue weighted by Crippen LogP contribution is -2.44. The fourth-order valence-corrected chi connectivity index (χ4v) is 3.94. The van der Waals surface area contributed by atoms with Crippen molar-refractivity contribution in [1.29, 1.82) is 0 Å². The van der Waals surface area contributed by atoms with E-state index < -0.39 is 9.84 Å². The van der Waals surface area contributed by atoms with Crippen LogP contribution in [0.25, 0.3) is 5.52 Å². The third kappa shape index (κ3) is 3.03. The monoisotopic (exact) mass is 350 g/mol. The summed E-state index contributed by atoms with van der Waals surface area (Å²) in [5, 5.41) is -0.0929. The largest absolute Gasteiger partial charge is 0.337 e. The highest BCUT2D eigenvalue weighted by Crippen LogP contribution is 2.21. The van der Waals surface area contributed by atoms with E-state index in [9.17, 15) is 13.2 Å². The maximum atomic E-state index is 12.9. The maximum Gasteiger partial charge on any atom is 0.274 e. The molecular weight excluding hydrogens is 328 g/mol. The van der Waals surface area contributed by atoms with Gasteiger partial charge >= 0.3 is 0 Å². The second-order valence-electron chi connectivity index (χ2n) is 6.46. The third-order valence-electron chi connectivity index (χ3n) is 4.53. The minimum absolute atomic E-state index is 0.0929. The summed E-state index contributed by atoms with van der Waals surface area (Å²) in [7, 11) is 0.572. The Morgan fingerprint density at radius 2 is 1.92 bits per heavy atom. The standard InChI is InChI=1S/C16H22N4O3S/c1-18(2)12-7-10-19(11-8-12)15(21)14-13-6-4-5-9-20(13)16(17-14)24(3,22)23/h4-6,9,12H,7-8,10-11H2,1-3H3. The molecule has 0 radical (unpaired) electrons. The fraction of sp³-hybridized carbons (Fsp3) is 0.500. The Hall–Kier alpha value is -1.93. The number of hydrogen-bond acceptors (Lipinski definition) is 5. The van der Waals surface area contributed by atoms with E-state index in [4.69, 9.17) is 0 Å². The number of piperidine rings is 1. The highest BCUT2D eigenvalue weighted by molar-refractivity contribution is 7.90. The van der Waals surface area contributed by atoms with Crippen LogP contribution < -0.4 is 0 Å². The lowest BCUT2D eigenvalue weighted by Gasteiger charge is -2.34. The topological polar surface area (TPSA) is 75.0 Å². The normalized spacial score (nSPS) is 16.9. The van der Waals surface area contributed by atoms with E-state index >= 15 is 0 Å². The summed E-state index contributed by atoms with van der Waals surface area (Å²) >= 11 is 0. The number of aromatic nitrogens is 2. The second-order valence-corrected chi connectivity index (χ2v) is 8.37. The molecule has 0 aliphatic carbocycles. The van der Waals surface area contributed by atoms with E-state index in [0.717, 1.165) is 19.1 Å². The van der Waals surface area contributed by atoms with Gasteiger partial charge in [0.1, 0.15) is 0 Å². The van der Waals surface area contributed by atoms with Crippen LogP contribution in [0.15, 0.2) is 29.6 Å². The summed E-state index contributed by atoms with van der Waals surface area (Å²) in [6.07, 6.45) is 4.53. The molecule has 0 bridgehead atoms. The van der Waals surface area contributed by atoms with Crippen molar-refractivity contribution in [3.8, 4) is 0 Å². The fourth-order valence-electron chi connectivity index (χ4n) is 3.16. The molecule has 3 heterocycles. The molecule has 1 fully saturated rings. The van der Waals surface area contributed by atoms with Crippen molar-refractivity contribution in [2.75, 3.05) is 33.4 Å². The number of carbonyl (C=O) groups is 1. The second kappa shape index (κ2) is 6.18. The van der Waals surface area contributed by atoms with Crippen molar-refractivity contribution in [1.82, 2.24) is 19.2 Å². The molecule has 0 atom stereocenters. The summed E-state index contributed by atoms with van der Waals surface area (Å²) in [6, 6.07) is 5.69. The Balaban J connectivity index is 1.94. The molecule has 0 spiro atoms. The van der Waals surface area contributed by atoms with Crippen LogP contribution in [0.1, 0.15) is 23.3 Å². The lowest BCUT2D eigenvalue weighted by atomic mass is 10.0. The van der Waals surface area contributed by atoms with E-state index in [1.165, 1.54) is 4.40 Å². The molecule has 3 rings (SSSR count). The van der Waals surface area contributed by atoms with Gasteiger partial charge in [0.25, 0.3) is 5.91 Å². The highest BCUT2D eigenvalue weighted by Gasteiger charge is 2.29. The number of carbonyl (C=O) groups excluding carboxylic acids is 1. The number of fused-ring (bicyclic) bond motifs is 1. The summed E-state index contributed by atoms with van der Waals surface area (Å²) in [5.74, 6) is -0.203. The Kier molecular flexibility index (Phi) is 4.35.